The number of nitrogens with one attached hydrogen (secondary N) is 1. The van der Waals surface area contributed by atoms with Crippen molar-refractivity contribution in [3.05, 3.63) is 35.4 Å². The molecule has 0 spiro atoms. The van der Waals surface area contributed by atoms with Crippen molar-refractivity contribution in [3.8, 4) is 0 Å². The van der Waals surface area contributed by atoms with E-state index in [1.807, 2.05) is 11.9 Å². The fraction of sp³-hybridized carbons (Fsp3) is 0.588. The van der Waals surface area contributed by atoms with Crippen LogP contribution in [0.4, 0.5) is 0 Å². The highest BCUT2D eigenvalue weighted by atomic mass is 16.2. The summed E-state index contributed by atoms with van der Waals surface area (Å²) in [5.74, 6) is 0.941. The lowest BCUT2D eigenvalue weighted by molar-refractivity contribution is -0.130. The molecule has 1 N–H and O–H groups in total. The molecule has 0 aromatic heterocycles. The summed E-state index contributed by atoms with van der Waals surface area (Å²) in [6.07, 6.45) is 3.70. The Morgan fingerprint density at radius 2 is 2.00 bits per heavy atom. The summed E-state index contributed by atoms with van der Waals surface area (Å²) in [4.78, 5) is 14.2. The average Bonchev–Trinajstić information content (AvgIpc) is 2.94. The van der Waals surface area contributed by atoms with Crippen molar-refractivity contribution in [3.63, 3.8) is 0 Å². The van der Waals surface area contributed by atoms with Gasteiger partial charge in [0.1, 0.15) is 0 Å². The van der Waals surface area contributed by atoms with Crippen LogP contribution in [-0.4, -0.2) is 37.5 Å². The number of aryl methyl sites for hydroxylation is 2. The Hall–Kier alpha value is -1.35. The monoisotopic (exact) mass is 274 g/mol. The number of nitrogens with zero attached hydrogens (tertiary/aromatic N) is 1. The first-order valence-electron chi connectivity index (χ1n) is 7.73. The average molecular weight is 274 g/mol. The molecule has 1 unspecified atom stereocenters. The summed E-state index contributed by atoms with van der Waals surface area (Å²) >= 11 is 0. The van der Waals surface area contributed by atoms with Gasteiger partial charge in [-0.2, -0.15) is 0 Å². The van der Waals surface area contributed by atoms with E-state index >= 15 is 0 Å². The van der Waals surface area contributed by atoms with Crippen LogP contribution < -0.4 is 5.32 Å². The lowest BCUT2D eigenvalue weighted by Gasteiger charge is -2.16. The maximum Gasteiger partial charge on any atom is 0.222 e. The van der Waals surface area contributed by atoms with Gasteiger partial charge in [0, 0.05) is 19.5 Å². The summed E-state index contributed by atoms with van der Waals surface area (Å²) in [7, 11) is 1.98. The van der Waals surface area contributed by atoms with Crippen molar-refractivity contribution in [1.82, 2.24) is 10.2 Å². The van der Waals surface area contributed by atoms with Crippen molar-refractivity contribution in [2.75, 3.05) is 26.7 Å². The summed E-state index contributed by atoms with van der Waals surface area (Å²) in [5, 5.41) is 3.20. The van der Waals surface area contributed by atoms with E-state index in [-0.39, 0.29) is 0 Å². The zero-order valence-electron chi connectivity index (χ0n) is 12.7. The van der Waals surface area contributed by atoms with E-state index in [0.717, 1.165) is 38.9 Å². The fourth-order valence-corrected chi connectivity index (χ4v) is 2.87. The minimum absolute atomic E-state index is 0.308. The number of carbonyl (C=O) groups is 1. The third kappa shape index (κ3) is 4.07. The van der Waals surface area contributed by atoms with E-state index in [9.17, 15) is 4.79 Å². The molecule has 1 saturated heterocycles. The molecular weight excluding hydrogens is 248 g/mol. The summed E-state index contributed by atoms with van der Waals surface area (Å²) in [6, 6.07) is 8.64. The standard InChI is InChI=1S/C17H26N2O/c1-3-14-4-6-15(7-5-14)8-9-17(20)19-11-10-16(13-19)12-18-2/h4-7,16,18H,3,8-13H2,1-2H3. The second-order valence-corrected chi connectivity index (χ2v) is 5.72. The van der Waals surface area contributed by atoms with Crippen molar-refractivity contribution in [2.45, 2.75) is 32.6 Å². The lowest BCUT2D eigenvalue weighted by atomic mass is 10.1. The molecule has 0 bridgehead atoms. The molecule has 1 amide bonds. The largest absolute Gasteiger partial charge is 0.342 e. The molecule has 3 heteroatoms. The molecule has 110 valence electrons. The third-order valence-electron chi connectivity index (χ3n) is 4.19. The van der Waals surface area contributed by atoms with E-state index in [0.29, 0.717) is 18.2 Å². The third-order valence-corrected chi connectivity index (χ3v) is 4.19. The molecule has 1 aliphatic heterocycles. The second-order valence-electron chi connectivity index (χ2n) is 5.72. The molecule has 1 aliphatic rings. The van der Waals surface area contributed by atoms with Crippen LogP contribution >= 0.6 is 0 Å². The highest BCUT2D eigenvalue weighted by Crippen LogP contribution is 2.17. The first-order chi connectivity index (χ1) is 9.72. The molecule has 1 aromatic carbocycles. The van der Waals surface area contributed by atoms with Crippen molar-refractivity contribution < 1.29 is 4.79 Å². The van der Waals surface area contributed by atoms with Gasteiger partial charge < -0.3 is 10.2 Å². The van der Waals surface area contributed by atoms with E-state index in [4.69, 9.17) is 0 Å². The van der Waals surface area contributed by atoms with E-state index in [2.05, 4.69) is 36.5 Å². The Kier molecular flexibility index (Phi) is 5.60. The maximum absolute atomic E-state index is 12.2. The Balaban J connectivity index is 1.77. The molecule has 0 saturated carbocycles. The van der Waals surface area contributed by atoms with Crippen LogP contribution in [0.1, 0.15) is 30.9 Å². The van der Waals surface area contributed by atoms with Crippen LogP contribution in [0.2, 0.25) is 0 Å². The minimum Gasteiger partial charge on any atom is -0.342 e. The van der Waals surface area contributed by atoms with Crippen LogP contribution in [0.15, 0.2) is 24.3 Å². The first-order valence-corrected chi connectivity index (χ1v) is 7.73. The molecule has 20 heavy (non-hydrogen) atoms. The highest BCUT2D eigenvalue weighted by molar-refractivity contribution is 5.76. The van der Waals surface area contributed by atoms with Crippen LogP contribution in [0, 0.1) is 5.92 Å². The first kappa shape index (κ1) is 15.0. The number of hydrogen-bond donors (Lipinski definition) is 1. The maximum atomic E-state index is 12.2. The summed E-state index contributed by atoms with van der Waals surface area (Å²) < 4.78 is 0. The minimum atomic E-state index is 0.308. The quantitative estimate of drug-likeness (QED) is 0.863. The Labute approximate surface area is 122 Å². The number of carbonyl (C=O) groups excluding carboxylic acids is 1. The number of hydrogen-bond acceptors (Lipinski definition) is 2. The Bertz CT molecular complexity index is 427. The highest BCUT2D eigenvalue weighted by Gasteiger charge is 2.25. The van der Waals surface area contributed by atoms with Gasteiger partial charge >= 0.3 is 0 Å². The zero-order chi connectivity index (χ0) is 14.4. The molecule has 0 aliphatic carbocycles. The summed E-state index contributed by atoms with van der Waals surface area (Å²) in [6.45, 7) is 5.03. The smallest absolute Gasteiger partial charge is 0.222 e. The van der Waals surface area contributed by atoms with Crippen LogP contribution in [-0.2, 0) is 17.6 Å². The number of benzene rings is 1. The van der Waals surface area contributed by atoms with Gasteiger partial charge in [0.2, 0.25) is 5.91 Å². The van der Waals surface area contributed by atoms with Gasteiger partial charge in [0.25, 0.3) is 0 Å². The van der Waals surface area contributed by atoms with Crippen molar-refractivity contribution >= 4 is 5.91 Å². The van der Waals surface area contributed by atoms with Gasteiger partial charge in [-0.1, -0.05) is 31.2 Å². The molecule has 0 radical (unpaired) electrons. The van der Waals surface area contributed by atoms with Gasteiger partial charge in [0.15, 0.2) is 0 Å². The summed E-state index contributed by atoms with van der Waals surface area (Å²) in [5.41, 5.74) is 2.62. The van der Waals surface area contributed by atoms with Gasteiger partial charge in [0.05, 0.1) is 0 Å². The number of rotatable bonds is 6. The predicted octanol–water partition coefficient (Wildman–Crippen LogP) is 2.25. The molecule has 1 fully saturated rings. The number of amides is 1. The van der Waals surface area contributed by atoms with E-state index in [1.54, 1.807) is 0 Å². The van der Waals surface area contributed by atoms with Crippen molar-refractivity contribution in [2.24, 2.45) is 5.92 Å². The predicted molar refractivity (Wildman–Crippen MR) is 82.8 cm³/mol. The molecule has 1 atom stereocenters. The SMILES string of the molecule is CCc1ccc(CCC(=O)N2CCC(CNC)C2)cc1. The van der Waals surface area contributed by atoms with Gasteiger partial charge in [-0.15, -0.1) is 0 Å². The molecule has 3 nitrogen and oxygen atoms in total. The Morgan fingerprint density at radius 1 is 1.30 bits per heavy atom. The Morgan fingerprint density at radius 3 is 2.65 bits per heavy atom. The lowest BCUT2D eigenvalue weighted by Crippen LogP contribution is -2.30. The van der Waals surface area contributed by atoms with E-state index < -0.39 is 0 Å². The van der Waals surface area contributed by atoms with Gasteiger partial charge in [-0.05, 0) is 49.9 Å². The van der Waals surface area contributed by atoms with Crippen LogP contribution in [0.5, 0.6) is 0 Å². The molecule has 1 heterocycles. The van der Waals surface area contributed by atoms with E-state index in [1.165, 1.54) is 11.1 Å². The fourth-order valence-electron chi connectivity index (χ4n) is 2.87. The number of likely N-dealkylation sites (tertiary alicyclic amines) is 1. The van der Waals surface area contributed by atoms with Gasteiger partial charge in [-0.3, -0.25) is 4.79 Å². The van der Waals surface area contributed by atoms with Crippen LogP contribution in [0.3, 0.4) is 0 Å². The van der Waals surface area contributed by atoms with Gasteiger partial charge in [-0.25, -0.2) is 0 Å². The second kappa shape index (κ2) is 7.44. The van der Waals surface area contributed by atoms with Crippen molar-refractivity contribution in [1.29, 1.82) is 0 Å². The molecule has 1 aromatic rings. The molecule has 2 rings (SSSR count). The molecular formula is C17H26N2O. The van der Waals surface area contributed by atoms with Crippen LogP contribution in [0.25, 0.3) is 0 Å². The normalized spacial score (nSPS) is 18.5. The topological polar surface area (TPSA) is 32.3 Å². The zero-order valence-corrected chi connectivity index (χ0v) is 12.7.